The van der Waals surface area contributed by atoms with Crippen LogP contribution in [-0.2, 0) is 0 Å². The first kappa shape index (κ1) is 31.8. The van der Waals surface area contributed by atoms with E-state index in [1.165, 1.54) is 96.7 Å². The monoisotopic (exact) mass is 755 g/mol. The summed E-state index contributed by atoms with van der Waals surface area (Å²) in [4.78, 5) is 0. The highest BCUT2D eigenvalue weighted by molar-refractivity contribution is 7.25. The van der Waals surface area contributed by atoms with Crippen molar-refractivity contribution in [3.05, 3.63) is 200 Å². The smallest absolute Gasteiger partial charge is 0.0810 e. The Kier molecular flexibility index (Phi) is 6.60. The van der Waals surface area contributed by atoms with Crippen molar-refractivity contribution in [2.75, 3.05) is 0 Å². The minimum Gasteiger partial charge on any atom is -0.309 e. The summed E-state index contributed by atoms with van der Waals surface area (Å²) in [6, 6.07) is 73.6. The van der Waals surface area contributed by atoms with Gasteiger partial charge in [-0.05, 0) is 77.9 Å². The van der Waals surface area contributed by atoms with Crippen LogP contribution >= 0.6 is 11.3 Å². The molecule has 0 atom stereocenters. The van der Waals surface area contributed by atoms with Gasteiger partial charge in [0.25, 0.3) is 0 Å². The van der Waals surface area contributed by atoms with Gasteiger partial charge in [-0.1, -0.05) is 133 Å². The Morgan fingerprint density at radius 2 is 0.776 bits per heavy atom. The highest BCUT2D eigenvalue weighted by Crippen LogP contribution is 2.51. The zero-order chi connectivity index (χ0) is 37.9. The predicted octanol–water partition coefficient (Wildman–Crippen LogP) is 15.0. The van der Waals surface area contributed by atoms with Gasteiger partial charge in [0.15, 0.2) is 0 Å². The van der Waals surface area contributed by atoms with Crippen LogP contribution in [0.3, 0.4) is 0 Å². The first-order chi connectivity index (χ1) is 28.8. The fraction of sp³-hybridized carbons (Fsp3) is 0. The molecule has 0 saturated carbocycles. The number of para-hydroxylation sites is 4. The normalized spacial score (nSPS) is 12.1. The molecule has 58 heavy (non-hydrogen) atoms. The average Bonchev–Trinajstić information content (AvgIpc) is 4.03. The molecule has 270 valence electrons. The Morgan fingerprint density at radius 3 is 1.48 bits per heavy atom. The summed E-state index contributed by atoms with van der Waals surface area (Å²) >= 11 is 1.87. The number of hydrogen-bond donors (Lipinski definition) is 0. The molecule has 0 aliphatic carbocycles. The van der Waals surface area contributed by atoms with E-state index in [1.807, 2.05) is 11.3 Å². The summed E-state index contributed by atoms with van der Waals surface area (Å²) < 4.78 is 10.2. The van der Waals surface area contributed by atoms with Crippen LogP contribution in [-0.4, -0.2) is 13.7 Å². The van der Waals surface area contributed by atoms with Gasteiger partial charge in [-0.2, -0.15) is 0 Å². The topological polar surface area (TPSA) is 14.8 Å². The molecule has 13 rings (SSSR count). The van der Waals surface area contributed by atoms with E-state index >= 15 is 0 Å². The van der Waals surface area contributed by atoms with E-state index in [4.69, 9.17) is 0 Å². The quantitative estimate of drug-likeness (QED) is 0.170. The van der Waals surface area contributed by atoms with Crippen molar-refractivity contribution < 1.29 is 0 Å². The molecule has 4 heteroatoms. The molecule has 0 spiro atoms. The third kappa shape index (κ3) is 4.32. The summed E-state index contributed by atoms with van der Waals surface area (Å²) in [5.41, 5.74) is 13.1. The maximum absolute atomic E-state index is 2.56. The van der Waals surface area contributed by atoms with Crippen LogP contribution in [0.1, 0.15) is 0 Å². The fourth-order valence-corrected chi connectivity index (χ4v) is 11.0. The number of rotatable bonds is 4. The van der Waals surface area contributed by atoms with E-state index in [2.05, 4.69) is 214 Å². The van der Waals surface area contributed by atoms with Crippen molar-refractivity contribution in [3.8, 4) is 28.2 Å². The maximum Gasteiger partial charge on any atom is 0.0810 e. The molecular formula is C54H33N3S. The number of hydrogen-bond acceptors (Lipinski definition) is 1. The summed E-state index contributed by atoms with van der Waals surface area (Å²) in [6.45, 7) is 0. The van der Waals surface area contributed by atoms with Gasteiger partial charge in [0.05, 0.1) is 33.1 Å². The molecule has 0 fully saturated rings. The van der Waals surface area contributed by atoms with Gasteiger partial charge in [0.1, 0.15) is 0 Å². The van der Waals surface area contributed by atoms with Crippen LogP contribution in [0.15, 0.2) is 200 Å². The molecule has 0 aliphatic rings. The zero-order valence-corrected chi connectivity index (χ0v) is 32.1. The maximum atomic E-state index is 2.56. The number of aromatic nitrogens is 3. The predicted molar refractivity (Wildman–Crippen MR) is 248 cm³/mol. The van der Waals surface area contributed by atoms with E-state index < -0.39 is 0 Å². The van der Waals surface area contributed by atoms with Gasteiger partial charge in [0.2, 0.25) is 0 Å². The van der Waals surface area contributed by atoms with Crippen molar-refractivity contribution in [2.24, 2.45) is 0 Å². The highest BCUT2D eigenvalue weighted by Gasteiger charge is 2.29. The second kappa shape index (κ2) is 12.1. The van der Waals surface area contributed by atoms with Crippen LogP contribution < -0.4 is 0 Å². The lowest BCUT2D eigenvalue weighted by atomic mass is 9.99. The molecule has 0 N–H and O–H groups in total. The van der Waals surface area contributed by atoms with Gasteiger partial charge in [0, 0.05) is 69.6 Å². The van der Waals surface area contributed by atoms with Crippen molar-refractivity contribution in [1.29, 1.82) is 0 Å². The van der Waals surface area contributed by atoms with Crippen LogP contribution in [0.25, 0.3) is 114 Å². The lowest BCUT2D eigenvalue weighted by molar-refractivity contribution is 1.15. The molecule has 0 saturated heterocycles. The molecule has 0 unspecified atom stereocenters. The van der Waals surface area contributed by atoms with E-state index in [0.29, 0.717) is 0 Å². The second-order valence-electron chi connectivity index (χ2n) is 15.3. The number of fused-ring (bicyclic) bond motifs is 15. The molecular weight excluding hydrogens is 723 g/mol. The molecule has 0 amide bonds. The van der Waals surface area contributed by atoms with Crippen molar-refractivity contribution in [3.63, 3.8) is 0 Å². The Labute approximate surface area is 337 Å². The van der Waals surface area contributed by atoms with E-state index in [0.717, 1.165) is 17.1 Å². The Hall–Kier alpha value is -7.40. The zero-order valence-electron chi connectivity index (χ0n) is 31.3. The van der Waals surface area contributed by atoms with Gasteiger partial charge in [-0.15, -0.1) is 11.3 Å². The van der Waals surface area contributed by atoms with Crippen LogP contribution in [0.4, 0.5) is 0 Å². The third-order valence-electron chi connectivity index (χ3n) is 12.2. The second-order valence-corrected chi connectivity index (χ2v) is 16.3. The van der Waals surface area contributed by atoms with Gasteiger partial charge in [-0.3, -0.25) is 0 Å². The van der Waals surface area contributed by atoms with Crippen molar-refractivity contribution in [2.45, 2.75) is 0 Å². The average molecular weight is 756 g/mol. The summed E-state index contributed by atoms with van der Waals surface area (Å²) in [5, 5.41) is 10.1. The Bertz CT molecular complexity index is 3770. The van der Waals surface area contributed by atoms with Crippen LogP contribution in [0.5, 0.6) is 0 Å². The molecule has 13 aromatic rings. The minimum atomic E-state index is 1.14. The number of thiophene rings is 1. The highest BCUT2D eigenvalue weighted by atomic mass is 32.1. The first-order valence-corrected chi connectivity index (χ1v) is 20.7. The van der Waals surface area contributed by atoms with Crippen LogP contribution in [0.2, 0.25) is 0 Å². The molecule has 4 aromatic heterocycles. The minimum absolute atomic E-state index is 1.14. The molecule has 3 nitrogen and oxygen atoms in total. The number of nitrogens with zero attached hydrogens (tertiary/aromatic N) is 3. The van der Waals surface area contributed by atoms with E-state index in [9.17, 15) is 0 Å². The Balaban J connectivity index is 1.33. The first-order valence-electron chi connectivity index (χ1n) is 19.9. The standard InChI is InChI=1S/C54H33N3S/c1-4-16-34(17-5-1)35-28-31-46-43(32-35)50-49-41-23-10-13-25-44(41)57(38-29-30-40-39-22-12-15-27-47(39)58-48(40)33-38)53(49)54-51(52(50)55(46)36-18-6-2-7-19-36)42-24-11-14-26-45(42)56(54)37-20-8-3-9-21-37/h1-33H. The third-order valence-corrected chi connectivity index (χ3v) is 13.3. The SMILES string of the molecule is c1ccc(-c2ccc3c(c2)c2c4c5ccccc5n(-c5ccc6c(c5)sc5ccccc56)c4c4c(c5ccccc5n4-c4ccccc4)c2n3-c2ccccc2)cc1. The van der Waals surface area contributed by atoms with E-state index in [1.54, 1.807) is 0 Å². The molecule has 0 bridgehead atoms. The summed E-state index contributed by atoms with van der Waals surface area (Å²) in [6.07, 6.45) is 0. The Morgan fingerprint density at radius 1 is 0.276 bits per heavy atom. The van der Waals surface area contributed by atoms with Gasteiger partial charge < -0.3 is 13.7 Å². The van der Waals surface area contributed by atoms with E-state index in [-0.39, 0.29) is 0 Å². The largest absolute Gasteiger partial charge is 0.309 e. The lowest BCUT2D eigenvalue weighted by Gasteiger charge is -2.14. The van der Waals surface area contributed by atoms with Crippen LogP contribution in [0, 0.1) is 0 Å². The summed E-state index contributed by atoms with van der Waals surface area (Å²) in [7, 11) is 0. The molecule has 0 radical (unpaired) electrons. The molecule has 4 heterocycles. The lowest BCUT2D eigenvalue weighted by Crippen LogP contribution is -1.99. The van der Waals surface area contributed by atoms with Crippen molar-refractivity contribution in [1.82, 2.24) is 13.7 Å². The number of benzene rings is 9. The van der Waals surface area contributed by atoms with Gasteiger partial charge >= 0.3 is 0 Å². The molecule has 0 aliphatic heterocycles. The fourth-order valence-electron chi connectivity index (χ4n) is 9.82. The summed E-state index contributed by atoms with van der Waals surface area (Å²) in [5.74, 6) is 0. The molecule has 9 aromatic carbocycles. The van der Waals surface area contributed by atoms with Gasteiger partial charge in [-0.25, -0.2) is 0 Å². The van der Waals surface area contributed by atoms with Crippen molar-refractivity contribution >= 4 is 96.9 Å².